The fourth-order valence-corrected chi connectivity index (χ4v) is 2.28. The van der Waals surface area contributed by atoms with Crippen LogP contribution in [0.4, 0.5) is 5.69 Å². The second-order valence-electron chi connectivity index (χ2n) is 4.18. The van der Waals surface area contributed by atoms with E-state index in [1.54, 1.807) is 0 Å². The van der Waals surface area contributed by atoms with Crippen LogP contribution in [0, 0.1) is 0 Å². The quantitative estimate of drug-likeness (QED) is 0.830. The van der Waals surface area contributed by atoms with Crippen LogP contribution in [0.5, 0.6) is 0 Å². The molecule has 4 heteroatoms. The highest BCUT2D eigenvalue weighted by molar-refractivity contribution is 6.31. The van der Waals surface area contributed by atoms with Crippen molar-refractivity contribution in [1.82, 2.24) is 0 Å². The third-order valence-electron chi connectivity index (χ3n) is 2.97. The molecular weight excluding hydrogens is 226 g/mol. The minimum Gasteiger partial charge on any atom is -0.392 e. The van der Waals surface area contributed by atoms with Gasteiger partial charge in [0.15, 0.2) is 0 Å². The second kappa shape index (κ2) is 5.04. The van der Waals surface area contributed by atoms with Gasteiger partial charge in [-0.3, -0.25) is 0 Å². The van der Waals surface area contributed by atoms with E-state index < -0.39 is 0 Å². The molecule has 1 atom stereocenters. The van der Waals surface area contributed by atoms with Crippen LogP contribution >= 0.6 is 11.6 Å². The van der Waals surface area contributed by atoms with Gasteiger partial charge in [-0.2, -0.15) is 0 Å². The number of halogens is 1. The topological polar surface area (TPSA) is 43.7 Å². The summed E-state index contributed by atoms with van der Waals surface area (Å²) in [4.78, 5) is 2.13. The van der Waals surface area contributed by atoms with Gasteiger partial charge < -0.3 is 15.1 Å². The third-order valence-corrected chi connectivity index (χ3v) is 3.32. The van der Waals surface area contributed by atoms with Crippen molar-refractivity contribution >= 4 is 17.3 Å². The Labute approximate surface area is 100 Å². The molecule has 1 unspecified atom stereocenters. The Kier molecular flexibility index (Phi) is 3.69. The van der Waals surface area contributed by atoms with Gasteiger partial charge in [0.25, 0.3) is 0 Å². The van der Waals surface area contributed by atoms with Crippen LogP contribution in [0.1, 0.15) is 18.4 Å². The average Bonchev–Trinajstić information content (AvgIpc) is 2.29. The zero-order valence-corrected chi connectivity index (χ0v) is 9.82. The van der Waals surface area contributed by atoms with E-state index >= 15 is 0 Å². The Hall–Kier alpha value is -0.770. The Morgan fingerprint density at radius 1 is 1.44 bits per heavy atom. The first-order valence-corrected chi connectivity index (χ1v) is 5.91. The summed E-state index contributed by atoms with van der Waals surface area (Å²) in [5.74, 6) is 0. The zero-order valence-electron chi connectivity index (χ0n) is 9.06. The molecule has 2 rings (SSSR count). The van der Waals surface area contributed by atoms with Gasteiger partial charge in [0.1, 0.15) is 0 Å². The Morgan fingerprint density at radius 2 is 2.25 bits per heavy atom. The van der Waals surface area contributed by atoms with Gasteiger partial charge in [-0.25, -0.2) is 0 Å². The molecule has 88 valence electrons. The molecule has 0 amide bonds. The number of hydrogen-bond donors (Lipinski definition) is 2. The molecule has 0 aromatic heterocycles. The van der Waals surface area contributed by atoms with Crippen molar-refractivity contribution < 1.29 is 10.2 Å². The van der Waals surface area contributed by atoms with Crippen molar-refractivity contribution in [3.05, 3.63) is 28.8 Å². The first kappa shape index (κ1) is 11.7. The van der Waals surface area contributed by atoms with Crippen LogP contribution in [0.15, 0.2) is 18.2 Å². The Bertz CT molecular complexity index is 370. The van der Waals surface area contributed by atoms with Crippen molar-refractivity contribution in [3.63, 3.8) is 0 Å². The van der Waals surface area contributed by atoms with Gasteiger partial charge in [0.05, 0.1) is 12.7 Å². The SMILES string of the molecule is OCc1ccc(N2CCCC(O)C2)cc1Cl. The number of aliphatic hydroxyl groups is 2. The highest BCUT2D eigenvalue weighted by Gasteiger charge is 2.18. The summed E-state index contributed by atoms with van der Waals surface area (Å²) in [6.45, 7) is 1.57. The van der Waals surface area contributed by atoms with Crippen molar-refractivity contribution in [2.45, 2.75) is 25.6 Å². The number of benzene rings is 1. The van der Waals surface area contributed by atoms with E-state index in [2.05, 4.69) is 4.90 Å². The van der Waals surface area contributed by atoms with E-state index in [0.29, 0.717) is 11.6 Å². The molecule has 3 nitrogen and oxygen atoms in total. The van der Waals surface area contributed by atoms with E-state index in [1.807, 2.05) is 18.2 Å². The maximum Gasteiger partial charge on any atom is 0.0715 e. The maximum absolute atomic E-state index is 9.60. The molecule has 1 aliphatic rings. The first-order chi connectivity index (χ1) is 7.70. The third kappa shape index (κ3) is 2.48. The highest BCUT2D eigenvalue weighted by atomic mass is 35.5. The molecule has 0 bridgehead atoms. The molecule has 1 saturated heterocycles. The van der Waals surface area contributed by atoms with E-state index in [9.17, 15) is 5.11 Å². The van der Waals surface area contributed by atoms with E-state index in [1.165, 1.54) is 0 Å². The van der Waals surface area contributed by atoms with Gasteiger partial charge in [0, 0.05) is 23.8 Å². The van der Waals surface area contributed by atoms with Crippen molar-refractivity contribution in [3.8, 4) is 0 Å². The molecule has 16 heavy (non-hydrogen) atoms. The minimum absolute atomic E-state index is 0.0399. The number of hydrogen-bond acceptors (Lipinski definition) is 3. The molecular formula is C12H16ClNO2. The van der Waals surface area contributed by atoms with Crippen LogP contribution in [0.3, 0.4) is 0 Å². The predicted octanol–water partition coefficient (Wildman–Crippen LogP) is 1.79. The standard InChI is InChI=1S/C12H16ClNO2/c13-12-6-10(4-3-9(12)8-15)14-5-1-2-11(16)7-14/h3-4,6,11,15-16H,1-2,5,7-8H2. The normalized spacial score (nSPS) is 21.2. The maximum atomic E-state index is 9.60. The van der Waals surface area contributed by atoms with Crippen molar-refractivity contribution in [2.24, 2.45) is 0 Å². The number of nitrogens with zero attached hydrogens (tertiary/aromatic N) is 1. The summed E-state index contributed by atoms with van der Waals surface area (Å²) in [7, 11) is 0. The summed E-state index contributed by atoms with van der Waals surface area (Å²) < 4.78 is 0. The van der Waals surface area contributed by atoms with Gasteiger partial charge in [-0.15, -0.1) is 0 Å². The van der Waals surface area contributed by atoms with Crippen LogP contribution in [0.25, 0.3) is 0 Å². The van der Waals surface area contributed by atoms with Gasteiger partial charge in [0.2, 0.25) is 0 Å². The fourth-order valence-electron chi connectivity index (χ4n) is 2.05. The van der Waals surface area contributed by atoms with Crippen LogP contribution in [-0.2, 0) is 6.61 Å². The molecule has 0 radical (unpaired) electrons. The molecule has 1 heterocycles. The largest absolute Gasteiger partial charge is 0.392 e. The zero-order chi connectivity index (χ0) is 11.5. The summed E-state index contributed by atoms with van der Waals surface area (Å²) in [5.41, 5.74) is 1.75. The second-order valence-corrected chi connectivity index (χ2v) is 4.58. The fraction of sp³-hybridized carbons (Fsp3) is 0.500. The molecule has 0 spiro atoms. The molecule has 1 fully saturated rings. The predicted molar refractivity (Wildman–Crippen MR) is 64.8 cm³/mol. The number of aliphatic hydroxyl groups excluding tert-OH is 2. The van der Waals surface area contributed by atoms with E-state index in [4.69, 9.17) is 16.7 Å². The number of anilines is 1. The van der Waals surface area contributed by atoms with E-state index in [-0.39, 0.29) is 12.7 Å². The van der Waals surface area contributed by atoms with Gasteiger partial charge in [-0.1, -0.05) is 17.7 Å². The summed E-state index contributed by atoms with van der Waals surface area (Å²) >= 11 is 6.04. The Balaban J connectivity index is 2.17. The number of rotatable bonds is 2. The summed E-state index contributed by atoms with van der Waals surface area (Å²) in [5, 5.41) is 19.2. The summed E-state index contributed by atoms with van der Waals surface area (Å²) in [6.07, 6.45) is 1.63. The lowest BCUT2D eigenvalue weighted by Crippen LogP contribution is -2.38. The first-order valence-electron chi connectivity index (χ1n) is 5.53. The lowest BCUT2D eigenvalue weighted by Gasteiger charge is -2.32. The van der Waals surface area contributed by atoms with Crippen molar-refractivity contribution in [1.29, 1.82) is 0 Å². The van der Waals surface area contributed by atoms with E-state index in [0.717, 1.165) is 30.6 Å². The monoisotopic (exact) mass is 241 g/mol. The van der Waals surface area contributed by atoms with Crippen LogP contribution in [-0.4, -0.2) is 29.4 Å². The lowest BCUT2D eigenvalue weighted by atomic mass is 10.1. The Morgan fingerprint density at radius 3 is 2.88 bits per heavy atom. The lowest BCUT2D eigenvalue weighted by molar-refractivity contribution is 0.154. The van der Waals surface area contributed by atoms with Gasteiger partial charge in [-0.05, 0) is 30.5 Å². The smallest absolute Gasteiger partial charge is 0.0715 e. The molecule has 1 aromatic rings. The van der Waals surface area contributed by atoms with Crippen LogP contribution < -0.4 is 4.90 Å². The number of piperidine rings is 1. The average molecular weight is 242 g/mol. The number of β-amino-alcohol motifs (C(OH)–C–C–N with tert-alkyl or cyclic N) is 1. The minimum atomic E-state index is -0.245. The summed E-state index contributed by atoms with van der Waals surface area (Å²) in [6, 6.07) is 5.62. The molecule has 1 aliphatic heterocycles. The highest BCUT2D eigenvalue weighted by Crippen LogP contribution is 2.26. The van der Waals surface area contributed by atoms with Crippen molar-refractivity contribution in [2.75, 3.05) is 18.0 Å². The van der Waals surface area contributed by atoms with Gasteiger partial charge >= 0.3 is 0 Å². The molecule has 0 aliphatic carbocycles. The van der Waals surface area contributed by atoms with Crippen LogP contribution in [0.2, 0.25) is 5.02 Å². The molecule has 0 saturated carbocycles. The molecule has 2 N–H and O–H groups in total. The molecule has 1 aromatic carbocycles.